The summed E-state index contributed by atoms with van der Waals surface area (Å²) >= 11 is 1.27. The molecule has 0 atom stereocenters. The molecule has 3 aliphatic rings. The third kappa shape index (κ3) is 4.98. The summed E-state index contributed by atoms with van der Waals surface area (Å²) in [5.74, 6) is 0.696. The number of aromatic nitrogens is 2. The van der Waals surface area contributed by atoms with Crippen molar-refractivity contribution in [2.24, 2.45) is 10.2 Å². The molecule has 3 fully saturated rings. The van der Waals surface area contributed by atoms with E-state index in [1.54, 1.807) is 0 Å². The summed E-state index contributed by atoms with van der Waals surface area (Å²) in [5, 5.41) is 9.39. The highest BCUT2D eigenvalue weighted by Crippen LogP contribution is 2.29. The van der Waals surface area contributed by atoms with Gasteiger partial charge in [0.1, 0.15) is 0 Å². The molecule has 0 amide bonds. The lowest BCUT2D eigenvalue weighted by Gasteiger charge is -2.51. The van der Waals surface area contributed by atoms with Gasteiger partial charge in [-0.1, -0.05) is 30.3 Å². The van der Waals surface area contributed by atoms with Crippen LogP contribution < -0.4 is 4.90 Å². The maximum absolute atomic E-state index is 4.50. The lowest BCUT2D eigenvalue weighted by molar-refractivity contribution is -0.939. The van der Waals surface area contributed by atoms with Crippen LogP contribution in [-0.4, -0.2) is 77.6 Å². The summed E-state index contributed by atoms with van der Waals surface area (Å²) in [6.45, 7) is 15.5. The molecule has 0 radical (unpaired) electrons. The Morgan fingerprint density at radius 3 is 2.48 bits per heavy atom. The minimum Gasteiger partial charge on any atom is -0.366 e. The van der Waals surface area contributed by atoms with E-state index in [9.17, 15) is 0 Å². The van der Waals surface area contributed by atoms with E-state index in [1.807, 2.05) is 30.3 Å². The van der Waals surface area contributed by atoms with E-state index in [0.29, 0.717) is 11.0 Å². The number of piperazine rings is 3. The Hall–Kier alpha value is -2.68. The first kappa shape index (κ1) is 22.1. The third-order valence-corrected chi connectivity index (χ3v) is 7.73. The minimum atomic E-state index is 0.572. The van der Waals surface area contributed by atoms with Gasteiger partial charge in [-0.25, -0.2) is 0 Å². The molecule has 0 spiro atoms. The van der Waals surface area contributed by atoms with Crippen molar-refractivity contribution in [2.45, 2.75) is 13.8 Å². The summed E-state index contributed by atoms with van der Waals surface area (Å²) in [6.07, 6.45) is 0. The van der Waals surface area contributed by atoms with Crippen LogP contribution in [0.2, 0.25) is 0 Å². The standard InChI is InChI=1S/C25H32N7S/c1-3-31(14-18-32-15-11-30(12-16-32)13-17-32)22-9-10-23(20(2)19-22)27-28-25-26-24(29-33-25)21-7-5-4-6-8-21/h4-10,19H,3,11-18H2,1-2H3/q+1. The summed E-state index contributed by atoms with van der Waals surface area (Å²) < 4.78 is 5.71. The Kier molecular flexibility index (Phi) is 6.48. The van der Waals surface area contributed by atoms with Crippen LogP contribution in [0.3, 0.4) is 0 Å². The Bertz CT molecular complexity index is 1090. The highest BCUT2D eigenvalue weighted by atomic mass is 32.1. The molecule has 3 aromatic rings. The SMILES string of the molecule is CCN(CC[N+]12CCN(CC1)CC2)c1ccc(N=Nc2nc(-c3ccccc3)ns2)c(C)c1. The molecule has 0 aliphatic carbocycles. The number of azo groups is 1. The predicted octanol–water partition coefficient (Wildman–Crippen LogP) is 4.90. The number of benzene rings is 2. The van der Waals surface area contributed by atoms with Gasteiger partial charge in [0, 0.05) is 49.0 Å². The van der Waals surface area contributed by atoms with Crippen molar-refractivity contribution in [3.05, 3.63) is 54.1 Å². The molecule has 1 aromatic heterocycles. The molecule has 3 saturated heterocycles. The number of anilines is 1. The predicted molar refractivity (Wildman–Crippen MR) is 135 cm³/mol. The number of likely N-dealkylation sites (N-methyl/N-ethyl adjacent to an activating group) is 1. The van der Waals surface area contributed by atoms with E-state index in [0.717, 1.165) is 29.9 Å². The smallest absolute Gasteiger partial charge is 0.249 e. The molecule has 172 valence electrons. The van der Waals surface area contributed by atoms with Crippen LogP contribution in [0.1, 0.15) is 12.5 Å². The largest absolute Gasteiger partial charge is 0.366 e. The minimum absolute atomic E-state index is 0.572. The lowest BCUT2D eigenvalue weighted by atomic mass is 10.1. The van der Waals surface area contributed by atoms with Gasteiger partial charge in [0.15, 0.2) is 5.82 Å². The van der Waals surface area contributed by atoms with Gasteiger partial charge < -0.3 is 9.38 Å². The number of aryl methyl sites for hydroxylation is 1. The van der Waals surface area contributed by atoms with Gasteiger partial charge in [0.05, 0.1) is 38.4 Å². The van der Waals surface area contributed by atoms with Crippen LogP contribution in [0, 0.1) is 6.92 Å². The van der Waals surface area contributed by atoms with Crippen LogP contribution in [0.5, 0.6) is 0 Å². The average Bonchev–Trinajstić information content (AvgIpc) is 3.35. The maximum atomic E-state index is 4.50. The molecule has 8 heteroatoms. The Balaban J connectivity index is 1.24. The number of fused-ring (bicyclic) bond motifs is 3. The van der Waals surface area contributed by atoms with Crippen LogP contribution in [-0.2, 0) is 0 Å². The molecule has 0 unspecified atom stereocenters. The molecule has 4 heterocycles. The monoisotopic (exact) mass is 462 g/mol. The molecule has 6 rings (SSSR count). The van der Waals surface area contributed by atoms with Crippen molar-refractivity contribution in [3.8, 4) is 11.4 Å². The van der Waals surface area contributed by atoms with Crippen LogP contribution >= 0.6 is 11.5 Å². The highest BCUT2D eigenvalue weighted by molar-refractivity contribution is 7.09. The van der Waals surface area contributed by atoms with Crippen molar-refractivity contribution in [3.63, 3.8) is 0 Å². The number of nitrogens with zero attached hydrogens (tertiary/aromatic N) is 7. The zero-order chi connectivity index (χ0) is 22.7. The number of quaternary nitrogens is 1. The lowest BCUT2D eigenvalue weighted by Crippen LogP contribution is -2.68. The van der Waals surface area contributed by atoms with E-state index in [2.05, 4.69) is 61.4 Å². The topological polar surface area (TPSA) is 57.0 Å². The van der Waals surface area contributed by atoms with Crippen LogP contribution in [0.4, 0.5) is 16.5 Å². The normalized spacial score (nSPS) is 22.2. The summed E-state index contributed by atoms with van der Waals surface area (Å²) in [6, 6.07) is 16.4. The average molecular weight is 463 g/mol. The Morgan fingerprint density at radius 2 is 1.79 bits per heavy atom. The number of rotatable bonds is 8. The zero-order valence-corrected chi connectivity index (χ0v) is 20.3. The van der Waals surface area contributed by atoms with Crippen molar-refractivity contribution < 1.29 is 4.48 Å². The fourth-order valence-electron chi connectivity index (χ4n) is 4.88. The van der Waals surface area contributed by atoms with E-state index < -0.39 is 0 Å². The van der Waals surface area contributed by atoms with Gasteiger partial charge in [0.25, 0.3) is 0 Å². The number of hydrogen-bond donors (Lipinski definition) is 0. The molecule has 33 heavy (non-hydrogen) atoms. The van der Waals surface area contributed by atoms with Gasteiger partial charge in [-0.2, -0.15) is 9.36 Å². The molecule has 2 bridgehead atoms. The molecule has 0 N–H and O–H groups in total. The van der Waals surface area contributed by atoms with Crippen molar-refractivity contribution in [2.75, 3.05) is 63.8 Å². The molecular weight excluding hydrogens is 430 g/mol. The maximum Gasteiger partial charge on any atom is 0.249 e. The Morgan fingerprint density at radius 1 is 1.03 bits per heavy atom. The second kappa shape index (κ2) is 9.67. The van der Waals surface area contributed by atoms with Gasteiger partial charge in [-0.3, -0.25) is 4.90 Å². The third-order valence-electron chi connectivity index (χ3n) is 7.13. The quantitative estimate of drug-likeness (QED) is 0.353. The van der Waals surface area contributed by atoms with Crippen molar-refractivity contribution in [1.29, 1.82) is 0 Å². The molecule has 3 aliphatic heterocycles. The summed E-state index contributed by atoms with van der Waals surface area (Å²) in [5.41, 5.74) is 4.26. The summed E-state index contributed by atoms with van der Waals surface area (Å²) in [7, 11) is 0. The van der Waals surface area contributed by atoms with Gasteiger partial charge >= 0.3 is 0 Å². The second-order valence-corrected chi connectivity index (χ2v) is 9.83. The van der Waals surface area contributed by atoms with Crippen molar-refractivity contribution >= 4 is 28.0 Å². The molecular formula is C25H32N7S+. The van der Waals surface area contributed by atoms with Crippen molar-refractivity contribution in [1.82, 2.24) is 14.3 Å². The Labute approximate surface area is 200 Å². The molecule has 0 saturated carbocycles. The molecule has 7 nitrogen and oxygen atoms in total. The first-order valence-electron chi connectivity index (χ1n) is 11.9. The van der Waals surface area contributed by atoms with Gasteiger partial charge in [0.2, 0.25) is 5.13 Å². The van der Waals surface area contributed by atoms with E-state index >= 15 is 0 Å². The summed E-state index contributed by atoms with van der Waals surface area (Å²) in [4.78, 5) is 9.61. The first-order valence-corrected chi connectivity index (χ1v) is 12.7. The van der Waals surface area contributed by atoms with E-state index in [-0.39, 0.29) is 0 Å². The van der Waals surface area contributed by atoms with E-state index in [4.69, 9.17) is 0 Å². The van der Waals surface area contributed by atoms with E-state index in [1.165, 1.54) is 67.5 Å². The number of hydrogen-bond acceptors (Lipinski definition) is 7. The van der Waals surface area contributed by atoms with Gasteiger partial charge in [-0.05, 0) is 37.6 Å². The second-order valence-electron chi connectivity index (χ2n) is 9.09. The highest BCUT2D eigenvalue weighted by Gasteiger charge is 2.38. The zero-order valence-electron chi connectivity index (χ0n) is 19.5. The fourth-order valence-corrected chi connectivity index (χ4v) is 5.39. The fraction of sp³-hybridized carbons (Fsp3) is 0.440. The molecule has 2 aromatic carbocycles. The van der Waals surface area contributed by atoms with Crippen LogP contribution in [0.15, 0.2) is 58.8 Å². The van der Waals surface area contributed by atoms with Gasteiger partial charge in [-0.15, -0.1) is 10.2 Å². The van der Waals surface area contributed by atoms with Crippen LogP contribution in [0.25, 0.3) is 11.4 Å². The first-order chi connectivity index (χ1) is 16.1.